The van der Waals surface area contributed by atoms with E-state index in [0.29, 0.717) is 26.0 Å². The predicted octanol–water partition coefficient (Wildman–Crippen LogP) is 3.97. The van der Waals surface area contributed by atoms with Gasteiger partial charge in [-0.2, -0.15) is 0 Å². The van der Waals surface area contributed by atoms with Crippen molar-refractivity contribution >= 4 is 21.8 Å². The average molecular weight is 362 g/mol. The summed E-state index contributed by atoms with van der Waals surface area (Å²) in [4.78, 5) is 11.7. The third-order valence-electron chi connectivity index (χ3n) is 3.22. The molecule has 22 heavy (non-hydrogen) atoms. The molecule has 0 aliphatic rings. The van der Waals surface area contributed by atoms with E-state index in [1.54, 1.807) is 0 Å². The Labute approximate surface area is 139 Å². The molecule has 116 valence electrons. The first-order chi connectivity index (χ1) is 10.8. The molecule has 3 nitrogen and oxygen atoms in total. The molecule has 2 aromatic carbocycles. The van der Waals surface area contributed by atoms with Crippen LogP contribution in [-0.2, 0) is 11.2 Å². The largest absolute Gasteiger partial charge is 0.492 e. The fraction of sp³-hybridized carbons (Fsp3) is 0.278. The Kier molecular flexibility index (Phi) is 6.97. The van der Waals surface area contributed by atoms with Crippen LogP contribution in [0.25, 0.3) is 0 Å². The highest BCUT2D eigenvalue weighted by atomic mass is 79.9. The average Bonchev–Trinajstić information content (AvgIpc) is 2.54. The van der Waals surface area contributed by atoms with Gasteiger partial charge in [-0.1, -0.05) is 42.5 Å². The first-order valence-corrected chi connectivity index (χ1v) is 8.23. The van der Waals surface area contributed by atoms with E-state index in [9.17, 15) is 4.79 Å². The van der Waals surface area contributed by atoms with Crippen LogP contribution in [-0.4, -0.2) is 19.1 Å². The minimum Gasteiger partial charge on any atom is -0.492 e. The number of amides is 1. The van der Waals surface area contributed by atoms with Crippen molar-refractivity contribution in [2.75, 3.05) is 13.2 Å². The van der Waals surface area contributed by atoms with Gasteiger partial charge in [-0.3, -0.25) is 4.79 Å². The van der Waals surface area contributed by atoms with Crippen molar-refractivity contribution in [1.82, 2.24) is 5.32 Å². The summed E-state index contributed by atoms with van der Waals surface area (Å²) in [5.74, 6) is 0.888. The highest BCUT2D eigenvalue weighted by Crippen LogP contribution is 2.23. The van der Waals surface area contributed by atoms with E-state index in [4.69, 9.17) is 4.74 Å². The predicted molar refractivity (Wildman–Crippen MR) is 92.0 cm³/mol. The van der Waals surface area contributed by atoms with Crippen LogP contribution in [0.3, 0.4) is 0 Å². The Hall–Kier alpha value is -1.81. The molecule has 2 rings (SSSR count). The van der Waals surface area contributed by atoms with Gasteiger partial charge in [-0.25, -0.2) is 0 Å². The lowest BCUT2D eigenvalue weighted by Gasteiger charge is -2.08. The van der Waals surface area contributed by atoms with Gasteiger partial charge in [-0.05, 0) is 46.5 Å². The molecule has 0 aromatic heterocycles. The van der Waals surface area contributed by atoms with Crippen LogP contribution >= 0.6 is 15.9 Å². The topological polar surface area (TPSA) is 38.3 Å². The van der Waals surface area contributed by atoms with Crippen molar-refractivity contribution in [3.8, 4) is 5.75 Å². The number of para-hydroxylation sites is 1. The zero-order valence-electron chi connectivity index (χ0n) is 12.4. The molecule has 0 bridgehead atoms. The first kappa shape index (κ1) is 16.6. The summed E-state index contributed by atoms with van der Waals surface area (Å²) in [7, 11) is 0. The number of ether oxygens (including phenoxy) is 1. The van der Waals surface area contributed by atoms with Crippen molar-refractivity contribution in [3.05, 3.63) is 64.6 Å². The number of benzene rings is 2. The lowest BCUT2D eigenvalue weighted by Crippen LogP contribution is -2.25. The van der Waals surface area contributed by atoms with Gasteiger partial charge in [0.05, 0.1) is 11.1 Å². The van der Waals surface area contributed by atoms with Crippen LogP contribution < -0.4 is 10.1 Å². The molecule has 0 aliphatic carbocycles. The Morgan fingerprint density at radius 1 is 1.05 bits per heavy atom. The number of rotatable bonds is 8. The van der Waals surface area contributed by atoms with Crippen LogP contribution in [0.4, 0.5) is 0 Å². The van der Waals surface area contributed by atoms with E-state index in [1.807, 2.05) is 42.5 Å². The smallest absolute Gasteiger partial charge is 0.220 e. The standard InChI is InChI=1S/C18H20BrNO2/c19-16-9-4-5-10-17(16)22-14-6-11-18(21)20-13-12-15-7-2-1-3-8-15/h1-5,7-10H,6,11-14H2,(H,20,21). The van der Waals surface area contributed by atoms with Crippen LogP contribution in [0.15, 0.2) is 59.1 Å². The Morgan fingerprint density at radius 3 is 2.55 bits per heavy atom. The van der Waals surface area contributed by atoms with E-state index in [-0.39, 0.29) is 5.91 Å². The maximum atomic E-state index is 11.7. The third kappa shape index (κ3) is 5.90. The van der Waals surface area contributed by atoms with Crippen molar-refractivity contribution in [3.63, 3.8) is 0 Å². The molecule has 0 radical (unpaired) electrons. The highest BCUT2D eigenvalue weighted by molar-refractivity contribution is 9.10. The monoisotopic (exact) mass is 361 g/mol. The van der Waals surface area contributed by atoms with Gasteiger partial charge >= 0.3 is 0 Å². The number of hydrogen-bond donors (Lipinski definition) is 1. The second-order valence-corrected chi connectivity index (χ2v) is 5.82. The zero-order chi connectivity index (χ0) is 15.6. The number of carbonyl (C=O) groups excluding carboxylic acids is 1. The van der Waals surface area contributed by atoms with E-state index in [0.717, 1.165) is 16.6 Å². The van der Waals surface area contributed by atoms with Crippen molar-refractivity contribution in [2.45, 2.75) is 19.3 Å². The summed E-state index contributed by atoms with van der Waals surface area (Å²) in [5, 5.41) is 2.94. The number of halogens is 1. The molecule has 0 spiro atoms. The molecule has 0 saturated heterocycles. The summed E-state index contributed by atoms with van der Waals surface area (Å²) < 4.78 is 6.57. The normalized spacial score (nSPS) is 10.2. The van der Waals surface area contributed by atoms with Crippen LogP contribution in [0.2, 0.25) is 0 Å². The van der Waals surface area contributed by atoms with E-state index in [2.05, 4.69) is 33.4 Å². The third-order valence-corrected chi connectivity index (χ3v) is 3.88. The minimum atomic E-state index is 0.0756. The van der Waals surface area contributed by atoms with Crippen LogP contribution in [0.1, 0.15) is 18.4 Å². The van der Waals surface area contributed by atoms with Gasteiger partial charge in [0.25, 0.3) is 0 Å². The molecule has 4 heteroatoms. The summed E-state index contributed by atoms with van der Waals surface area (Å²) in [6.45, 7) is 1.21. The minimum absolute atomic E-state index is 0.0756. The van der Waals surface area contributed by atoms with Crippen LogP contribution in [0, 0.1) is 0 Å². The molecule has 2 aromatic rings. The molecular weight excluding hydrogens is 342 g/mol. The fourth-order valence-corrected chi connectivity index (χ4v) is 2.46. The molecule has 0 heterocycles. The van der Waals surface area contributed by atoms with Gasteiger partial charge in [0.2, 0.25) is 5.91 Å². The number of hydrogen-bond acceptors (Lipinski definition) is 2. The molecule has 1 amide bonds. The SMILES string of the molecule is O=C(CCCOc1ccccc1Br)NCCc1ccccc1. The Bertz CT molecular complexity index is 587. The quantitative estimate of drug-likeness (QED) is 0.722. The lowest BCUT2D eigenvalue weighted by molar-refractivity contribution is -0.121. The number of nitrogens with one attached hydrogen (secondary N) is 1. The second kappa shape index (κ2) is 9.26. The van der Waals surface area contributed by atoms with Crippen molar-refractivity contribution in [2.24, 2.45) is 0 Å². The maximum absolute atomic E-state index is 11.7. The van der Waals surface area contributed by atoms with E-state index < -0.39 is 0 Å². The molecule has 1 N–H and O–H groups in total. The summed E-state index contributed by atoms with van der Waals surface area (Å²) in [6.07, 6.45) is 2.05. The van der Waals surface area contributed by atoms with Gasteiger partial charge in [-0.15, -0.1) is 0 Å². The lowest BCUT2D eigenvalue weighted by atomic mass is 10.1. The molecule has 0 unspecified atom stereocenters. The van der Waals surface area contributed by atoms with Crippen molar-refractivity contribution in [1.29, 1.82) is 0 Å². The van der Waals surface area contributed by atoms with Crippen molar-refractivity contribution < 1.29 is 9.53 Å². The first-order valence-electron chi connectivity index (χ1n) is 7.43. The Morgan fingerprint density at radius 2 is 1.77 bits per heavy atom. The van der Waals surface area contributed by atoms with E-state index in [1.165, 1.54) is 5.56 Å². The second-order valence-electron chi connectivity index (χ2n) is 4.97. The molecule has 0 atom stereocenters. The van der Waals surface area contributed by atoms with Gasteiger partial charge in [0.1, 0.15) is 5.75 Å². The summed E-state index contributed by atoms with van der Waals surface area (Å²) >= 11 is 3.43. The molecular formula is C18H20BrNO2. The highest BCUT2D eigenvalue weighted by Gasteiger charge is 2.03. The zero-order valence-corrected chi connectivity index (χ0v) is 14.0. The van der Waals surface area contributed by atoms with Gasteiger partial charge in [0.15, 0.2) is 0 Å². The van der Waals surface area contributed by atoms with Gasteiger partial charge < -0.3 is 10.1 Å². The van der Waals surface area contributed by atoms with E-state index >= 15 is 0 Å². The molecule has 0 fully saturated rings. The number of carbonyl (C=O) groups is 1. The summed E-state index contributed by atoms with van der Waals surface area (Å²) in [6, 6.07) is 17.9. The fourth-order valence-electron chi connectivity index (χ4n) is 2.06. The Balaban J connectivity index is 1.57. The summed E-state index contributed by atoms with van der Waals surface area (Å²) in [5.41, 5.74) is 1.24. The maximum Gasteiger partial charge on any atom is 0.220 e. The molecule has 0 aliphatic heterocycles. The van der Waals surface area contributed by atoms with Gasteiger partial charge in [0, 0.05) is 13.0 Å². The van der Waals surface area contributed by atoms with Crippen LogP contribution in [0.5, 0.6) is 5.75 Å². The molecule has 0 saturated carbocycles.